The Morgan fingerprint density at radius 3 is 2.79 bits per heavy atom. The number of amides is 1. The van der Waals surface area contributed by atoms with Gasteiger partial charge in [-0.1, -0.05) is 12.1 Å². The van der Waals surface area contributed by atoms with Gasteiger partial charge in [0.1, 0.15) is 17.7 Å². The highest BCUT2D eigenvalue weighted by atomic mass is 19.1. The number of nitrogens with one attached hydrogen (secondary N) is 1. The van der Waals surface area contributed by atoms with Gasteiger partial charge in [0.05, 0.1) is 17.0 Å². The minimum atomic E-state index is -0.540. The first-order chi connectivity index (χ1) is 16.5. The molecule has 1 aromatic heterocycles. The number of aryl methyl sites for hydroxylation is 1. The molecule has 2 aromatic carbocycles. The van der Waals surface area contributed by atoms with Crippen molar-refractivity contribution in [3.05, 3.63) is 76.0 Å². The summed E-state index contributed by atoms with van der Waals surface area (Å²) >= 11 is 0. The molecule has 0 radical (unpaired) electrons. The highest BCUT2D eigenvalue weighted by Gasteiger charge is 2.70. The zero-order valence-electron chi connectivity index (χ0n) is 18.6. The highest BCUT2D eigenvalue weighted by molar-refractivity contribution is 5.83. The molecule has 2 saturated carbocycles. The summed E-state index contributed by atoms with van der Waals surface area (Å²) in [6.45, 7) is 0. The zero-order chi connectivity index (χ0) is 23.4. The summed E-state index contributed by atoms with van der Waals surface area (Å²) in [5, 5.41) is 9.57. The number of benzene rings is 2. The maximum absolute atomic E-state index is 14.0. The Kier molecular flexibility index (Phi) is 4.73. The molecule has 172 valence electrons. The molecule has 4 atom stereocenters. The lowest BCUT2D eigenvalue weighted by atomic mass is 9.53. The summed E-state index contributed by atoms with van der Waals surface area (Å²) in [5.74, 6) is 0.318. The van der Waals surface area contributed by atoms with Crippen LogP contribution < -0.4 is 10.3 Å². The van der Waals surface area contributed by atoms with Gasteiger partial charge in [0, 0.05) is 36.0 Å². The number of pyridine rings is 1. The van der Waals surface area contributed by atoms with E-state index < -0.39 is 11.4 Å². The van der Waals surface area contributed by atoms with E-state index in [1.807, 2.05) is 17.0 Å². The Morgan fingerprint density at radius 1 is 1.24 bits per heavy atom. The van der Waals surface area contributed by atoms with Gasteiger partial charge in [-0.05, 0) is 67.5 Å². The number of fused-ring (bicyclic) bond motifs is 1. The number of halogens is 1. The van der Waals surface area contributed by atoms with Gasteiger partial charge in [-0.3, -0.25) is 9.59 Å². The summed E-state index contributed by atoms with van der Waals surface area (Å²) < 4.78 is 20.2. The molecule has 1 amide bonds. The first-order valence-electron chi connectivity index (χ1n) is 11.8. The largest absolute Gasteiger partial charge is 0.490 e. The van der Waals surface area contributed by atoms with Crippen molar-refractivity contribution in [1.29, 1.82) is 5.26 Å². The maximum atomic E-state index is 14.0. The van der Waals surface area contributed by atoms with Crippen LogP contribution in [0.4, 0.5) is 4.39 Å². The molecule has 1 saturated heterocycles. The van der Waals surface area contributed by atoms with Gasteiger partial charge < -0.3 is 14.6 Å². The van der Waals surface area contributed by atoms with Gasteiger partial charge in [0.15, 0.2) is 0 Å². The average Bonchev–Trinajstić information content (AvgIpc) is 3.18. The lowest BCUT2D eigenvalue weighted by Crippen LogP contribution is -2.75. The number of piperidine rings is 1. The molecule has 1 N–H and O–H groups in total. The van der Waals surface area contributed by atoms with Crippen molar-refractivity contribution < 1.29 is 13.9 Å². The monoisotopic (exact) mass is 457 g/mol. The molecule has 1 aliphatic heterocycles. The van der Waals surface area contributed by atoms with Crippen LogP contribution in [0, 0.1) is 22.6 Å². The lowest BCUT2D eigenvalue weighted by molar-refractivity contribution is -0.199. The smallest absolute Gasteiger partial charge is 0.258 e. The molecule has 6 rings (SSSR count). The predicted molar refractivity (Wildman–Crippen MR) is 124 cm³/mol. The standard InChI is InChI=1S/C27H24FN3O3/c28-21-3-1-2-17-12-18(30-26(33)25(17)21)6-9-24(32)31-22-10-11-27(22)14-20(13-23(27)31)34-19-7-4-16(15-29)5-8-19/h1-5,7-8,12,20,22-23H,6,9-11,13-14H2,(H,30,33). The van der Waals surface area contributed by atoms with Crippen LogP contribution in [-0.2, 0) is 11.2 Å². The van der Waals surface area contributed by atoms with E-state index in [1.165, 1.54) is 6.07 Å². The fourth-order valence-electron chi connectivity index (χ4n) is 6.42. The number of carbonyl (C=O) groups is 1. The number of aromatic amines is 1. The zero-order valence-corrected chi connectivity index (χ0v) is 18.6. The fourth-order valence-corrected chi connectivity index (χ4v) is 6.42. The van der Waals surface area contributed by atoms with Crippen LogP contribution in [0.2, 0.25) is 0 Å². The number of ether oxygens (including phenoxy) is 1. The van der Waals surface area contributed by atoms with E-state index in [4.69, 9.17) is 10.00 Å². The van der Waals surface area contributed by atoms with Crippen LogP contribution in [0.15, 0.2) is 53.3 Å². The third-order valence-corrected chi connectivity index (χ3v) is 8.03. The topological polar surface area (TPSA) is 86.2 Å². The number of nitrogens with zero attached hydrogens (tertiary/aromatic N) is 2. The van der Waals surface area contributed by atoms with Crippen molar-refractivity contribution in [3.8, 4) is 11.8 Å². The van der Waals surface area contributed by atoms with Gasteiger partial charge >= 0.3 is 0 Å². The van der Waals surface area contributed by atoms with E-state index in [9.17, 15) is 14.0 Å². The van der Waals surface area contributed by atoms with Crippen molar-refractivity contribution in [2.75, 3.05) is 0 Å². The second-order valence-electron chi connectivity index (χ2n) is 9.75. The van der Waals surface area contributed by atoms with Gasteiger partial charge in [-0.25, -0.2) is 4.39 Å². The first-order valence-corrected chi connectivity index (χ1v) is 11.8. The summed E-state index contributed by atoms with van der Waals surface area (Å²) in [5.41, 5.74) is 0.969. The number of hydrogen-bond acceptors (Lipinski definition) is 4. The number of nitriles is 1. The second-order valence-corrected chi connectivity index (χ2v) is 9.75. The third-order valence-electron chi connectivity index (χ3n) is 8.03. The predicted octanol–water partition coefficient (Wildman–Crippen LogP) is 4.07. The minimum Gasteiger partial charge on any atom is -0.490 e. The molecule has 7 heteroatoms. The number of H-pyrrole nitrogens is 1. The average molecular weight is 458 g/mol. The third kappa shape index (κ3) is 3.12. The maximum Gasteiger partial charge on any atom is 0.258 e. The van der Waals surface area contributed by atoms with E-state index in [0.29, 0.717) is 29.5 Å². The molecule has 0 bridgehead atoms. The van der Waals surface area contributed by atoms with Crippen LogP contribution in [0.25, 0.3) is 10.8 Å². The summed E-state index contributed by atoms with van der Waals surface area (Å²) in [4.78, 5) is 30.3. The first kappa shape index (κ1) is 20.9. The van der Waals surface area contributed by atoms with Crippen molar-refractivity contribution >= 4 is 16.7 Å². The van der Waals surface area contributed by atoms with Gasteiger partial charge in [-0.2, -0.15) is 5.26 Å². The molecule has 2 heterocycles. The summed E-state index contributed by atoms with van der Waals surface area (Å²) in [6.07, 6.45) is 4.70. The molecule has 34 heavy (non-hydrogen) atoms. The van der Waals surface area contributed by atoms with E-state index in [1.54, 1.807) is 30.3 Å². The minimum absolute atomic E-state index is 0.0545. The van der Waals surface area contributed by atoms with Crippen LogP contribution in [0.1, 0.15) is 43.4 Å². The van der Waals surface area contributed by atoms with Crippen LogP contribution in [-0.4, -0.2) is 34.0 Å². The fraction of sp³-hybridized carbons (Fsp3) is 0.370. The number of carbonyl (C=O) groups excluding carboxylic acids is 1. The van der Waals surface area contributed by atoms with E-state index in [0.717, 1.165) is 31.4 Å². The lowest BCUT2D eigenvalue weighted by Gasteiger charge is -2.68. The van der Waals surface area contributed by atoms with Crippen molar-refractivity contribution in [3.63, 3.8) is 0 Å². The SMILES string of the molecule is N#Cc1ccc(OC2CC3N(C(=O)CCc4cc5cccc(F)c5c(=O)[nH]4)C4CCC43C2)cc1. The molecular weight excluding hydrogens is 433 g/mol. The van der Waals surface area contributed by atoms with Crippen LogP contribution in [0.3, 0.4) is 0 Å². The van der Waals surface area contributed by atoms with E-state index in [-0.39, 0.29) is 34.9 Å². The Labute approximate surface area is 196 Å². The molecule has 4 unspecified atom stereocenters. The number of likely N-dealkylation sites (tertiary alicyclic amines) is 1. The molecule has 3 aliphatic rings. The van der Waals surface area contributed by atoms with Crippen molar-refractivity contribution in [2.24, 2.45) is 5.41 Å². The number of hydrogen-bond donors (Lipinski definition) is 1. The summed E-state index contributed by atoms with van der Waals surface area (Å²) in [6, 6.07) is 16.1. The molecule has 3 aromatic rings. The molecule has 2 aliphatic carbocycles. The van der Waals surface area contributed by atoms with Crippen molar-refractivity contribution in [2.45, 2.75) is 56.7 Å². The Balaban J connectivity index is 1.12. The Bertz CT molecular complexity index is 1390. The highest BCUT2D eigenvalue weighted by Crippen LogP contribution is 2.65. The summed E-state index contributed by atoms with van der Waals surface area (Å²) in [7, 11) is 0. The van der Waals surface area contributed by atoms with Gasteiger partial charge in [0.25, 0.3) is 5.56 Å². The number of rotatable bonds is 5. The van der Waals surface area contributed by atoms with Crippen LogP contribution >= 0.6 is 0 Å². The number of aromatic nitrogens is 1. The van der Waals surface area contributed by atoms with E-state index >= 15 is 0 Å². The van der Waals surface area contributed by atoms with Crippen LogP contribution in [0.5, 0.6) is 5.75 Å². The molecular formula is C27H24FN3O3. The Morgan fingerprint density at radius 2 is 2.06 bits per heavy atom. The quantitative estimate of drug-likeness (QED) is 0.626. The molecule has 6 nitrogen and oxygen atoms in total. The van der Waals surface area contributed by atoms with Gasteiger partial charge in [-0.15, -0.1) is 0 Å². The van der Waals surface area contributed by atoms with E-state index in [2.05, 4.69) is 11.1 Å². The Hall–Kier alpha value is -3.66. The second kappa shape index (κ2) is 7.69. The molecule has 3 fully saturated rings. The molecule has 1 spiro atoms. The van der Waals surface area contributed by atoms with Gasteiger partial charge in [0.2, 0.25) is 5.91 Å². The normalized spacial score (nSPS) is 26.7. The van der Waals surface area contributed by atoms with Crippen molar-refractivity contribution in [1.82, 2.24) is 9.88 Å².